The summed E-state index contributed by atoms with van der Waals surface area (Å²) in [5, 5.41) is 8.19. The minimum Gasteiger partial charge on any atom is -0.411 e. The Bertz CT molecular complexity index is 859. The lowest BCUT2D eigenvalue weighted by molar-refractivity contribution is 0.0993. The molecule has 2 aromatic carbocycles. The molecule has 1 atom stereocenters. The largest absolute Gasteiger partial charge is 0.411 e. The number of carbonyl (C=O) groups excluding carboxylic acids is 1. The second-order valence-electron chi connectivity index (χ2n) is 5.66. The van der Waals surface area contributed by atoms with E-state index in [1.165, 1.54) is 17.3 Å². The fraction of sp³-hybridized carbons (Fsp3) is 0.211. The smallest absolute Gasteiger partial charge is 0.277 e. The van der Waals surface area contributed by atoms with Crippen LogP contribution in [-0.2, 0) is 0 Å². The molecule has 0 saturated carbocycles. The predicted molar refractivity (Wildman–Crippen MR) is 95.3 cm³/mol. The minimum atomic E-state index is -0.295. The van der Waals surface area contributed by atoms with E-state index in [0.29, 0.717) is 16.7 Å². The number of aryl methyl sites for hydroxylation is 2. The average Bonchev–Trinajstić information content (AvgIpc) is 3.06. The Balaban J connectivity index is 1.72. The molecule has 0 radical (unpaired) electrons. The lowest BCUT2D eigenvalue weighted by atomic mass is 10.0. The fourth-order valence-electron chi connectivity index (χ4n) is 2.29. The van der Waals surface area contributed by atoms with Gasteiger partial charge in [-0.3, -0.25) is 4.79 Å². The SMILES string of the molecule is Cc1ccc(C(=O)[C@@H](C)Sc2nnc(-c3ccccc3)o2)cc1C. The summed E-state index contributed by atoms with van der Waals surface area (Å²) < 4.78 is 5.66. The van der Waals surface area contributed by atoms with Crippen LogP contribution < -0.4 is 0 Å². The number of aromatic nitrogens is 2. The molecule has 1 aromatic heterocycles. The molecule has 3 aromatic rings. The van der Waals surface area contributed by atoms with E-state index in [0.717, 1.165) is 11.1 Å². The zero-order valence-electron chi connectivity index (χ0n) is 13.8. The molecule has 24 heavy (non-hydrogen) atoms. The van der Waals surface area contributed by atoms with E-state index in [9.17, 15) is 4.79 Å². The van der Waals surface area contributed by atoms with E-state index < -0.39 is 0 Å². The first-order valence-corrected chi connectivity index (χ1v) is 8.59. The van der Waals surface area contributed by atoms with Gasteiger partial charge in [0, 0.05) is 11.1 Å². The van der Waals surface area contributed by atoms with Gasteiger partial charge in [0.15, 0.2) is 5.78 Å². The second-order valence-corrected chi connectivity index (χ2v) is 6.95. The van der Waals surface area contributed by atoms with Crippen LogP contribution in [0.15, 0.2) is 58.2 Å². The van der Waals surface area contributed by atoms with Gasteiger partial charge >= 0.3 is 0 Å². The van der Waals surface area contributed by atoms with Crippen LogP contribution in [0.1, 0.15) is 28.4 Å². The van der Waals surface area contributed by atoms with Gasteiger partial charge in [0.25, 0.3) is 5.22 Å². The third kappa shape index (κ3) is 3.57. The number of ketones is 1. The zero-order valence-corrected chi connectivity index (χ0v) is 14.6. The van der Waals surface area contributed by atoms with Crippen molar-refractivity contribution in [2.75, 3.05) is 0 Å². The van der Waals surface area contributed by atoms with E-state index in [1.807, 2.05) is 69.3 Å². The summed E-state index contributed by atoms with van der Waals surface area (Å²) in [6, 6.07) is 15.3. The van der Waals surface area contributed by atoms with E-state index in [-0.39, 0.29) is 11.0 Å². The van der Waals surface area contributed by atoms with Crippen molar-refractivity contribution in [1.82, 2.24) is 10.2 Å². The van der Waals surface area contributed by atoms with Crippen LogP contribution in [0.25, 0.3) is 11.5 Å². The highest BCUT2D eigenvalue weighted by atomic mass is 32.2. The van der Waals surface area contributed by atoms with Gasteiger partial charge in [-0.2, -0.15) is 0 Å². The molecule has 0 aliphatic carbocycles. The van der Waals surface area contributed by atoms with Gasteiger partial charge in [-0.25, -0.2) is 0 Å². The Labute approximate surface area is 145 Å². The van der Waals surface area contributed by atoms with Crippen LogP contribution in [0.2, 0.25) is 0 Å². The summed E-state index contributed by atoms with van der Waals surface area (Å²) in [5.41, 5.74) is 3.87. The van der Waals surface area contributed by atoms with Gasteiger partial charge in [-0.1, -0.05) is 42.1 Å². The van der Waals surface area contributed by atoms with Crippen LogP contribution in [0.4, 0.5) is 0 Å². The number of benzene rings is 2. The summed E-state index contributed by atoms with van der Waals surface area (Å²) in [5.74, 6) is 0.520. The van der Waals surface area contributed by atoms with Gasteiger partial charge in [-0.15, -0.1) is 10.2 Å². The van der Waals surface area contributed by atoms with Gasteiger partial charge in [-0.05, 0) is 50.1 Å². The lowest BCUT2D eigenvalue weighted by Gasteiger charge is -2.09. The molecule has 0 bridgehead atoms. The number of hydrogen-bond donors (Lipinski definition) is 0. The molecule has 0 unspecified atom stereocenters. The Hall–Kier alpha value is -2.40. The Kier molecular flexibility index (Phi) is 4.81. The Morgan fingerprint density at radius 1 is 1.04 bits per heavy atom. The summed E-state index contributed by atoms with van der Waals surface area (Å²) in [7, 11) is 0. The molecule has 0 spiro atoms. The molecule has 3 rings (SSSR count). The first kappa shape index (κ1) is 16.5. The number of hydrogen-bond acceptors (Lipinski definition) is 5. The number of nitrogens with zero attached hydrogens (tertiary/aromatic N) is 2. The van der Waals surface area contributed by atoms with Crippen LogP contribution in [0, 0.1) is 13.8 Å². The van der Waals surface area contributed by atoms with Crippen molar-refractivity contribution >= 4 is 17.5 Å². The van der Waals surface area contributed by atoms with Crippen molar-refractivity contribution in [2.45, 2.75) is 31.2 Å². The maximum Gasteiger partial charge on any atom is 0.277 e. The third-order valence-electron chi connectivity index (χ3n) is 3.87. The molecular weight excluding hydrogens is 320 g/mol. The molecule has 0 aliphatic rings. The molecule has 0 fully saturated rings. The topological polar surface area (TPSA) is 56.0 Å². The molecule has 0 aliphatic heterocycles. The van der Waals surface area contributed by atoms with Gasteiger partial charge < -0.3 is 4.42 Å². The summed E-state index contributed by atoms with van der Waals surface area (Å²) >= 11 is 1.28. The Morgan fingerprint density at radius 3 is 2.50 bits per heavy atom. The lowest BCUT2D eigenvalue weighted by Crippen LogP contribution is -2.13. The first-order chi connectivity index (χ1) is 11.5. The van der Waals surface area contributed by atoms with E-state index in [4.69, 9.17) is 4.42 Å². The third-order valence-corrected chi connectivity index (χ3v) is 4.80. The van der Waals surface area contributed by atoms with Crippen molar-refractivity contribution in [2.24, 2.45) is 0 Å². The van der Waals surface area contributed by atoms with E-state index in [1.54, 1.807) is 0 Å². The quantitative estimate of drug-likeness (QED) is 0.498. The second kappa shape index (κ2) is 7.01. The van der Waals surface area contributed by atoms with Crippen LogP contribution in [0.3, 0.4) is 0 Å². The Morgan fingerprint density at radius 2 is 1.79 bits per heavy atom. The highest BCUT2D eigenvalue weighted by Gasteiger charge is 2.20. The number of rotatable bonds is 5. The maximum atomic E-state index is 12.6. The highest BCUT2D eigenvalue weighted by molar-refractivity contribution is 8.00. The molecular formula is C19H18N2O2S. The molecule has 5 heteroatoms. The van der Waals surface area contributed by atoms with Crippen molar-refractivity contribution in [3.05, 3.63) is 65.2 Å². The number of carbonyl (C=O) groups is 1. The standard InChI is InChI=1S/C19H18N2O2S/c1-12-9-10-16(11-13(12)2)17(22)14(3)24-19-21-20-18(23-19)15-7-5-4-6-8-15/h4-11,14H,1-3H3/t14-/m1/s1. The average molecular weight is 338 g/mol. The molecule has 1 heterocycles. The van der Waals surface area contributed by atoms with Crippen LogP contribution >= 0.6 is 11.8 Å². The summed E-state index contributed by atoms with van der Waals surface area (Å²) in [4.78, 5) is 12.6. The maximum absolute atomic E-state index is 12.6. The normalized spacial score (nSPS) is 12.1. The predicted octanol–water partition coefficient (Wildman–Crippen LogP) is 4.72. The first-order valence-electron chi connectivity index (χ1n) is 7.71. The molecule has 0 saturated heterocycles. The zero-order chi connectivity index (χ0) is 17.1. The molecule has 0 N–H and O–H groups in total. The minimum absolute atomic E-state index is 0.0579. The monoisotopic (exact) mass is 338 g/mol. The van der Waals surface area contributed by atoms with Crippen molar-refractivity contribution in [1.29, 1.82) is 0 Å². The number of Topliss-reactive ketones (excluding diaryl/α,β-unsaturated/α-hetero) is 1. The summed E-state index contributed by atoms with van der Waals surface area (Å²) in [6.45, 7) is 5.90. The van der Waals surface area contributed by atoms with Crippen LogP contribution in [-0.4, -0.2) is 21.2 Å². The van der Waals surface area contributed by atoms with Gasteiger partial charge in [0.2, 0.25) is 5.89 Å². The molecule has 4 nitrogen and oxygen atoms in total. The van der Waals surface area contributed by atoms with Gasteiger partial charge in [0.05, 0.1) is 5.25 Å². The van der Waals surface area contributed by atoms with Gasteiger partial charge in [0.1, 0.15) is 0 Å². The molecule has 0 amide bonds. The van der Waals surface area contributed by atoms with Crippen molar-refractivity contribution in [3.8, 4) is 11.5 Å². The fourth-order valence-corrected chi connectivity index (χ4v) is 3.05. The van der Waals surface area contributed by atoms with E-state index >= 15 is 0 Å². The van der Waals surface area contributed by atoms with E-state index in [2.05, 4.69) is 10.2 Å². The number of thioether (sulfide) groups is 1. The van der Waals surface area contributed by atoms with Crippen molar-refractivity contribution in [3.63, 3.8) is 0 Å². The molecule has 122 valence electrons. The summed E-state index contributed by atoms with van der Waals surface area (Å²) in [6.07, 6.45) is 0. The van der Waals surface area contributed by atoms with Crippen molar-refractivity contribution < 1.29 is 9.21 Å². The highest BCUT2D eigenvalue weighted by Crippen LogP contribution is 2.28. The van der Waals surface area contributed by atoms with Crippen LogP contribution in [0.5, 0.6) is 0 Å².